The molecule has 27 heavy (non-hydrogen) atoms. The number of hydrogen-bond acceptors (Lipinski definition) is 5. The highest BCUT2D eigenvalue weighted by atomic mass is 16.4. The fraction of sp³-hybridized carbons (Fsp3) is 0.263. The van der Waals surface area contributed by atoms with Crippen molar-refractivity contribution in [3.8, 4) is 0 Å². The fourth-order valence-corrected chi connectivity index (χ4v) is 2.75. The van der Waals surface area contributed by atoms with E-state index in [2.05, 4.69) is 10.3 Å². The first-order valence-corrected chi connectivity index (χ1v) is 8.23. The van der Waals surface area contributed by atoms with Crippen molar-refractivity contribution in [2.24, 2.45) is 7.05 Å². The van der Waals surface area contributed by atoms with Crippen LogP contribution in [0.3, 0.4) is 0 Å². The number of aromatic nitrogens is 2. The minimum Gasteiger partial charge on any atom is -0.481 e. The number of fused-ring (bicyclic) bond motifs is 1. The number of amides is 1. The molecule has 0 bridgehead atoms. The van der Waals surface area contributed by atoms with Crippen molar-refractivity contribution in [3.05, 3.63) is 57.8 Å². The quantitative estimate of drug-likeness (QED) is 0.730. The second-order valence-electron chi connectivity index (χ2n) is 6.84. The van der Waals surface area contributed by atoms with Crippen LogP contribution in [-0.4, -0.2) is 26.5 Å². The smallest absolute Gasteiger partial charge is 0.313 e. The van der Waals surface area contributed by atoms with Crippen LogP contribution in [0.1, 0.15) is 35.5 Å². The molecule has 140 valence electrons. The van der Waals surface area contributed by atoms with Crippen molar-refractivity contribution in [3.63, 3.8) is 0 Å². The fourth-order valence-electron chi connectivity index (χ4n) is 2.75. The molecule has 0 fully saturated rings. The number of nitrogens with zero attached hydrogens (tertiary/aromatic N) is 2. The Kier molecular flexibility index (Phi) is 4.35. The Balaban J connectivity index is 1.94. The van der Waals surface area contributed by atoms with Crippen LogP contribution in [0.25, 0.3) is 11.1 Å². The van der Waals surface area contributed by atoms with Crippen LogP contribution in [0.5, 0.6) is 0 Å². The molecule has 8 nitrogen and oxygen atoms in total. The Hall–Kier alpha value is -3.42. The highest BCUT2D eigenvalue weighted by Gasteiger charge is 2.29. The number of aryl methyl sites for hydroxylation is 2. The van der Waals surface area contributed by atoms with E-state index in [4.69, 9.17) is 4.42 Å². The number of furan rings is 1. The molecule has 0 aliphatic heterocycles. The van der Waals surface area contributed by atoms with E-state index in [1.165, 1.54) is 10.9 Å². The van der Waals surface area contributed by atoms with E-state index in [0.29, 0.717) is 17.0 Å². The van der Waals surface area contributed by atoms with Gasteiger partial charge in [-0.2, -0.15) is 0 Å². The molecule has 0 radical (unpaired) electrons. The van der Waals surface area contributed by atoms with E-state index in [0.717, 1.165) is 0 Å². The molecule has 0 aliphatic rings. The van der Waals surface area contributed by atoms with Gasteiger partial charge in [-0.1, -0.05) is 12.1 Å². The summed E-state index contributed by atoms with van der Waals surface area (Å²) in [6.07, 6.45) is 1.33. The summed E-state index contributed by atoms with van der Waals surface area (Å²) < 4.78 is 6.71. The molecule has 3 rings (SSSR count). The molecule has 0 unspecified atom stereocenters. The number of benzene rings is 1. The number of aliphatic carboxylic acids is 1. The number of carboxylic acid groups (broad SMARTS) is 1. The molecule has 2 heterocycles. The minimum absolute atomic E-state index is 0.110. The molecule has 0 atom stereocenters. The van der Waals surface area contributed by atoms with Gasteiger partial charge in [0.25, 0.3) is 11.5 Å². The lowest BCUT2D eigenvalue weighted by molar-refractivity contribution is -0.142. The Labute approximate surface area is 154 Å². The highest BCUT2D eigenvalue weighted by Crippen LogP contribution is 2.26. The van der Waals surface area contributed by atoms with Gasteiger partial charge in [-0.3, -0.25) is 14.4 Å². The molecular formula is C19H19N3O5. The zero-order valence-corrected chi connectivity index (χ0v) is 15.4. The van der Waals surface area contributed by atoms with Gasteiger partial charge < -0.3 is 19.4 Å². The number of carbonyl (C=O) groups is 2. The van der Waals surface area contributed by atoms with Gasteiger partial charge in [0, 0.05) is 12.7 Å². The molecule has 0 aliphatic carbocycles. The second-order valence-corrected chi connectivity index (χ2v) is 6.84. The lowest BCUT2D eigenvalue weighted by atomic mass is 9.85. The number of carboxylic acids is 1. The molecule has 0 spiro atoms. The van der Waals surface area contributed by atoms with E-state index < -0.39 is 17.3 Å². The van der Waals surface area contributed by atoms with Gasteiger partial charge in [-0.15, -0.1) is 0 Å². The number of hydrogen-bond donors (Lipinski definition) is 2. The first-order valence-electron chi connectivity index (χ1n) is 8.23. The molecular weight excluding hydrogens is 350 g/mol. The third-order valence-corrected chi connectivity index (χ3v) is 4.57. The maximum atomic E-state index is 12.7. The van der Waals surface area contributed by atoms with Gasteiger partial charge in [0.2, 0.25) is 5.71 Å². The number of anilines is 1. The minimum atomic E-state index is -1.04. The Morgan fingerprint density at radius 2 is 1.85 bits per heavy atom. The SMILES string of the molecule is Cc1oc2ncn(C)c(=O)c2c1C(=O)Nc1ccc(C(C)(C)C(=O)O)cc1. The number of rotatable bonds is 4. The molecule has 0 saturated heterocycles. The van der Waals surface area contributed by atoms with Crippen LogP contribution >= 0.6 is 0 Å². The topological polar surface area (TPSA) is 114 Å². The zero-order chi connectivity index (χ0) is 19.9. The molecule has 1 aromatic carbocycles. The maximum Gasteiger partial charge on any atom is 0.313 e. The molecule has 0 saturated carbocycles. The van der Waals surface area contributed by atoms with Crippen molar-refractivity contribution in [2.45, 2.75) is 26.2 Å². The third kappa shape index (κ3) is 3.10. The van der Waals surface area contributed by atoms with Crippen molar-refractivity contribution < 1.29 is 19.1 Å². The highest BCUT2D eigenvalue weighted by molar-refractivity contribution is 6.12. The van der Waals surface area contributed by atoms with Crippen LogP contribution in [0, 0.1) is 6.92 Å². The van der Waals surface area contributed by atoms with Crippen LogP contribution in [0.15, 0.2) is 39.8 Å². The lowest BCUT2D eigenvalue weighted by Crippen LogP contribution is -2.28. The molecule has 8 heteroatoms. The summed E-state index contributed by atoms with van der Waals surface area (Å²) in [5, 5.41) is 12.1. The van der Waals surface area contributed by atoms with Gasteiger partial charge in [0.15, 0.2) is 0 Å². The van der Waals surface area contributed by atoms with E-state index in [1.807, 2.05) is 0 Å². The first kappa shape index (κ1) is 18.4. The Morgan fingerprint density at radius 3 is 2.44 bits per heavy atom. The predicted octanol–water partition coefficient (Wildman–Crippen LogP) is 2.45. The average molecular weight is 369 g/mol. The van der Waals surface area contributed by atoms with Crippen molar-refractivity contribution in [2.75, 3.05) is 5.32 Å². The van der Waals surface area contributed by atoms with Crippen LogP contribution in [-0.2, 0) is 17.3 Å². The van der Waals surface area contributed by atoms with Crippen molar-refractivity contribution in [1.82, 2.24) is 9.55 Å². The Bertz CT molecular complexity index is 1110. The zero-order valence-electron chi connectivity index (χ0n) is 15.4. The standard InChI is InChI=1S/C19H19N3O5/c1-10-13(14-16(27-10)20-9-22(4)17(14)24)15(23)21-12-7-5-11(6-8-12)19(2,3)18(25)26/h5-9H,1-4H3,(H,21,23)(H,25,26). The van der Waals surface area contributed by atoms with E-state index in [-0.39, 0.29) is 22.2 Å². The molecule has 1 amide bonds. The summed E-state index contributed by atoms with van der Waals surface area (Å²) in [7, 11) is 1.54. The van der Waals surface area contributed by atoms with Gasteiger partial charge in [0.1, 0.15) is 17.5 Å². The van der Waals surface area contributed by atoms with Gasteiger partial charge in [-0.05, 0) is 38.5 Å². The Morgan fingerprint density at radius 1 is 1.22 bits per heavy atom. The largest absolute Gasteiger partial charge is 0.481 e. The summed E-state index contributed by atoms with van der Waals surface area (Å²) >= 11 is 0. The number of nitrogens with one attached hydrogen (secondary N) is 1. The maximum absolute atomic E-state index is 12.7. The third-order valence-electron chi connectivity index (χ3n) is 4.57. The monoisotopic (exact) mass is 369 g/mol. The van der Waals surface area contributed by atoms with Crippen LogP contribution < -0.4 is 10.9 Å². The van der Waals surface area contributed by atoms with Crippen molar-refractivity contribution in [1.29, 1.82) is 0 Å². The van der Waals surface area contributed by atoms with E-state index in [9.17, 15) is 19.5 Å². The van der Waals surface area contributed by atoms with Crippen molar-refractivity contribution >= 4 is 28.7 Å². The van der Waals surface area contributed by atoms with Gasteiger partial charge in [-0.25, -0.2) is 4.98 Å². The van der Waals surface area contributed by atoms with Gasteiger partial charge >= 0.3 is 5.97 Å². The summed E-state index contributed by atoms with van der Waals surface area (Å²) in [5.74, 6) is -1.15. The number of carbonyl (C=O) groups excluding carboxylic acids is 1. The van der Waals surface area contributed by atoms with Crippen LogP contribution in [0.4, 0.5) is 5.69 Å². The summed E-state index contributed by atoms with van der Waals surface area (Å²) in [4.78, 5) is 40.5. The summed E-state index contributed by atoms with van der Waals surface area (Å²) in [6, 6.07) is 6.52. The molecule has 3 aromatic rings. The first-order chi connectivity index (χ1) is 12.6. The van der Waals surface area contributed by atoms with E-state index in [1.54, 1.807) is 52.1 Å². The molecule has 2 N–H and O–H groups in total. The van der Waals surface area contributed by atoms with E-state index >= 15 is 0 Å². The lowest BCUT2D eigenvalue weighted by Gasteiger charge is -2.19. The average Bonchev–Trinajstić information content (AvgIpc) is 2.95. The summed E-state index contributed by atoms with van der Waals surface area (Å²) in [6.45, 7) is 4.80. The molecule has 2 aromatic heterocycles. The summed E-state index contributed by atoms with van der Waals surface area (Å²) in [5.41, 5.74) is -0.0958. The van der Waals surface area contributed by atoms with Crippen LogP contribution in [0.2, 0.25) is 0 Å². The normalized spacial score (nSPS) is 11.6. The second kappa shape index (κ2) is 6.39. The van der Waals surface area contributed by atoms with Gasteiger partial charge in [0.05, 0.1) is 11.0 Å². The predicted molar refractivity (Wildman–Crippen MR) is 99.0 cm³/mol.